The van der Waals surface area contributed by atoms with E-state index in [1.165, 1.54) is 6.42 Å². The van der Waals surface area contributed by atoms with Gasteiger partial charge < -0.3 is 10.1 Å². The largest absolute Gasteiger partial charge is 0.376 e. The molecule has 1 fully saturated rings. The molecule has 2 rings (SSSR count). The first kappa shape index (κ1) is 12.1. The van der Waals surface area contributed by atoms with E-state index in [1.807, 2.05) is 17.8 Å². The summed E-state index contributed by atoms with van der Waals surface area (Å²) in [4.78, 5) is 11.2. The van der Waals surface area contributed by atoms with Gasteiger partial charge in [-0.05, 0) is 19.3 Å². The summed E-state index contributed by atoms with van der Waals surface area (Å²) in [6.45, 7) is 3.45. The molecule has 1 aliphatic heterocycles. The Morgan fingerprint density at radius 3 is 3.24 bits per heavy atom. The number of aromatic nitrogens is 2. The molecule has 2 heterocycles. The van der Waals surface area contributed by atoms with Gasteiger partial charge in [-0.3, -0.25) is 9.48 Å². The number of ether oxygens (including phenoxy) is 1. The first-order chi connectivity index (χ1) is 8.28. The van der Waals surface area contributed by atoms with Crippen LogP contribution >= 0.6 is 0 Å². The van der Waals surface area contributed by atoms with Gasteiger partial charge >= 0.3 is 0 Å². The van der Waals surface area contributed by atoms with Crippen molar-refractivity contribution < 1.29 is 9.53 Å². The molecule has 1 aromatic rings. The molecule has 1 saturated heterocycles. The molecule has 17 heavy (non-hydrogen) atoms. The summed E-state index contributed by atoms with van der Waals surface area (Å²) in [6.07, 6.45) is 7.76. The van der Waals surface area contributed by atoms with E-state index in [9.17, 15) is 4.79 Å². The number of hydrogen-bond donors (Lipinski definition) is 1. The molecule has 0 saturated carbocycles. The Bertz CT molecular complexity index is 370. The summed E-state index contributed by atoms with van der Waals surface area (Å²) >= 11 is 0. The maximum atomic E-state index is 11.2. The molecule has 1 amide bonds. The Hall–Kier alpha value is -1.36. The number of rotatable bonds is 4. The molecule has 5 nitrogen and oxygen atoms in total. The Labute approximate surface area is 101 Å². The zero-order chi connectivity index (χ0) is 12.1. The van der Waals surface area contributed by atoms with Crippen LogP contribution in [0.25, 0.3) is 0 Å². The van der Waals surface area contributed by atoms with Gasteiger partial charge in [-0.2, -0.15) is 5.10 Å². The van der Waals surface area contributed by atoms with Crippen LogP contribution in [-0.4, -0.2) is 28.4 Å². The fourth-order valence-electron chi connectivity index (χ4n) is 1.94. The first-order valence-electron chi connectivity index (χ1n) is 6.22. The zero-order valence-corrected chi connectivity index (χ0v) is 10.2. The first-order valence-corrected chi connectivity index (χ1v) is 6.22. The number of nitrogens with one attached hydrogen (secondary N) is 1. The van der Waals surface area contributed by atoms with E-state index < -0.39 is 0 Å². The fourth-order valence-corrected chi connectivity index (χ4v) is 1.94. The maximum Gasteiger partial charge on any atom is 0.224 e. The molecular formula is C12H19N3O2. The number of carbonyl (C=O) groups is 1. The average Bonchev–Trinajstić information content (AvgIpc) is 2.77. The Morgan fingerprint density at radius 2 is 2.53 bits per heavy atom. The van der Waals surface area contributed by atoms with Crippen LogP contribution in [0.3, 0.4) is 0 Å². The van der Waals surface area contributed by atoms with Crippen molar-refractivity contribution in [3.05, 3.63) is 12.4 Å². The van der Waals surface area contributed by atoms with Gasteiger partial charge in [0, 0.05) is 19.2 Å². The molecular weight excluding hydrogens is 218 g/mol. The highest BCUT2D eigenvalue weighted by Crippen LogP contribution is 2.15. The third kappa shape index (κ3) is 3.56. The molecule has 1 atom stereocenters. The van der Waals surface area contributed by atoms with E-state index in [0.717, 1.165) is 31.7 Å². The van der Waals surface area contributed by atoms with Crippen molar-refractivity contribution in [2.45, 2.75) is 45.3 Å². The van der Waals surface area contributed by atoms with Gasteiger partial charge in [0.25, 0.3) is 0 Å². The minimum Gasteiger partial charge on any atom is -0.376 e. The lowest BCUT2D eigenvalue weighted by atomic mass is 10.1. The van der Waals surface area contributed by atoms with Gasteiger partial charge in [0.2, 0.25) is 5.91 Å². The van der Waals surface area contributed by atoms with Gasteiger partial charge in [0.15, 0.2) is 0 Å². The normalized spacial score (nSPS) is 20.2. The minimum atomic E-state index is 0.0125. The van der Waals surface area contributed by atoms with Crippen LogP contribution in [0.5, 0.6) is 0 Å². The lowest BCUT2D eigenvalue weighted by Crippen LogP contribution is -2.24. The Balaban J connectivity index is 1.86. The standard InChI is InChI=1S/C12H19N3O2/c1-2-12(16)14-10-7-13-15(8-10)9-11-5-3-4-6-17-11/h7-8,11H,2-6,9H2,1H3,(H,14,16). The number of carbonyl (C=O) groups excluding carboxylic acids is 1. The van der Waals surface area contributed by atoms with Gasteiger partial charge in [0.05, 0.1) is 24.5 Å². The summed E-state index contributed by atoms with van der Waals surface area (Å²) in [7, 11) is 0. The predicted octanol–water partition coefficient (Wildman–Crippen LogP) is 1.80. The van der Waals surface area contributed by atoms with E-state index in [2.05, 4.69) is 10.4 Å². The third-order valence-electron chi connectivity index (χ3n) is 2.90. The highest BCUT2D eigenvalue weighted by atomic mass is 16.5. The lowest BCUT2D eigenvalue weighted by Gasteiger charge is -2.22. The van der Waals surface area contributed by atoms with Crippen molar-refractivity contribution in [1.29, 1.82) is 0 Å². The van der Waals surface area contributed by atoms with E-state index in [-0.39, 0.29) is 12.0 Å². The molecule has 94 valence electrons. The third-order valence-corrected chi connectivity index (χ3v) is 2.90. The van der Waals surface area contributed by atoms with Crippen LogP contribution in [0, 0.1) is 0 Å². The van der Waals surface area contributed by atoms with E-state index in [1.54, 1.807) is 6.20 Å². The van der Waals surface area contributed by atoms with Crippen molar-refractivity contribution in [2.24, 2.45) is 0 Å². The summed E-state index contributed by atoms with van der Waals surface area (Å²) in [6, 6.07) is 0. The SMILES string of the molecule is CCC(=O)Nc1cnn(CC2CCCCO2)c1. The van der Waals surface area contributed by atoms with Gasteiger partial charge in [-0.25, -0.2) is 0 Å². The molecule has 1 aromatic heterocycles. The average molecular weight is 237 g/mol. The lowest BCUT2D eigenvalue weighted by molar-refractivity contribution is -0.115. The minimum absolute atomic E-state index is 0.0125. The van der Waals surface area contributed by atoms with Crippen molar-refractivity contribution in [1.82, 2.24) is 9.78 Å². The van der Waals surface area contributed by atoms with Crippen LogP contribution in [-0.2, 0) is 16.1 Å². The molecule has 1 aliphatic rings. The summed E-state index contributed by atoms with van der Waals surface area (Å²) in [5.74, 6) is 0.0125. The molecule has 0 aliphatic carbocycles. The maximum absolute atomic E-state index is 11.2. The molecule has 0 radical (unpaired) electrons. The van der Waals surface area contributed by atoms with Crippen molar-refractivity contribution in [3.8, 4) is 0 Å². The fraction of sp³-hybridized carbons (Fsp3) is 0.667. The number of amides is 1. The van der Waals surface area contributed by atoms with Crippen LogP contribution in [0.2, 0.25) is 0 Å². The van der Waals surface area contributed by atoms with Crippen LogP contribution in [0.4, 0.5) is 5.69 Å². The topological polar surface area (TPSA) is 56.2 Å². The molecule has 0 aromatic carbocycles. The second kappa shape index (κ2) is 5.82. The second-order valence-electron chi connectivity index (χ2n) is 4.34. The second-order valence-corrected chi connectivity index (χ2v) is 4.34. The monoisotopic (exact) mass is 237 g/mol. The van der Waals surface area contributed by atoms with Crippen LogP contribution in [0.15, 0.2) is 12.4 Å². The van der Waals surface area contributed by atoms with Gasteiger partial charge in [-0.15, -0.1) is 0 Å². The highest BCUT2D eigenvalue weighted by Gasteiger charge is 2.14. The molecule has 1 N–H and O–H groups in total. The van der Waals surface area contributed by atoms with Crippen LogP contribution in [0.1, 0.15) is 32.6 Å². The van der Waals surface area contributed by atoms with Gasteiger partial charge in [0.1, 0.15) is 0 Å². The van der Waals surface area contributed by atoms with E-state index in [0.29, 0.717) is 6.42 Å². The van der Waals surface area contributed by atoms with Crippen molar-refractivity contribution >= 4 is 11.6 Å². The molecule has 1 unspecified atom stereocenters. The summed E-state index contributed by atoms with van der Waals surface area (Å²) in [5.41, 5.74) is 0.757. The summed E-state index contributed by atoms with van der Waals surface area (Å²) in [5, 5.41) is 7.01. The molecule has 0 bridgehead atoms. The Kier molecular flexibility index (Phi) is 4.14. The molecule has 5 heteroatoms. The van der Waals surface area contributed by atoms with E-state index in [4.69, 9.17) is 4.74 Å². The van der Waals surface area contributed by atoms with Crippen molar-refractivity contribution in [2.75, 3.05) is 11.9 Å². The number of anilines is 1. The summed E-state index contributed by atoms with van der Waals surface area (Å²) < 4.78 is 7.48. The number of hydrogen-bond acceptors (Lipinski definition) is 3. The quantitative estimate of drug-likeness (QED) is 0.868. The van der Waals surface area contributed by atoms with Crippen molar-refractivity contribution in [3.63, 3.8) is 0 Å². The van der Waals surface area contributed by atoms with E-state index >= 15 is 0 Å². The van der Waals surface area contributed by atoms with Crippen LogP contribution < -0.4 is 5.32 Å². The Morgan fingerprint density at radius 1 is 1.65 bits per heavy atom. The number of nitrogens with zero attached hydrogens (tertiary/aromatic N) is 2. The predicted molar refractivity (Wildman–Crippen MR) is 64.7 cm³/mol. The molecule has 0 spiro atoms. The zero-order valence-electron chi connectivity index (χ0n) is 10.2. The highest BCUT2D eigenvalue weighted by molar-refractivity contribution is 5.90. The smallest absolute Gasteiger partial charge is 0.224 e. The van der Waals surface area contributed by atoms with Gasteiger partial charge in [-0.1, -0.05) is 6.92 Å².